The zero-order valence-corrected chi connectivity index (χ0v) is 6.55. The maximum Gasteiger partial charge on any atom is 0.254 e. The van der Waals surface area contributed by atoms with E-state index in [0.717, 1.165) is 12.0 Å². The molecule has 4 heteroatoms. The number of carbonyl (C=O) groups is 2. The van der Waals surface area contributed by atoms with Crippen molar-refractivity contribution in [3.05, 3.63) is 11.1 Å². The number of carbonyl (C=O) groups excluding carboxylic acids is 2. The molecule has 0 atom stereocenters. The zero-order chi connectivity index (χ0) is 8.55. The summed E-state index contributed by atoms with van der Waals surface area (Å²) in [6.07, 6.45) is 1.02. The number of rotatable bonds is 0. The Bertz CT molecular complexity index is 272. The number of amides is 2. The normalized spacial score (nSPS) is 29.7. The molecule has 0 saturated carbocycles. The smallest absolute Gasteiger partial charge is 0.254 e. The molecule has 2 aliphatic rings. The van der Waals surface area contributed by atoms with E-state index in [1.165, 1.54) is 0 Å². The highest BCUT2D eigenvalue weighted by Crippen LogP contribution is 2.21. The third kappa shape index (κ3) is 1.14. The molecule has 2 amide bonds. The van der Waals surface area contributed by atoms with E-state index in [4.69, 9.17) is 4.74 Å². The molecule has 2 saturated heterocycles. The van der Waals surface area contributed by atoms with E-state index < -0.39 is 0 Å². The number of ether oxygens (including phenoxy) is 1. The van der Waals surface area contributed by atoms with Crippen LogP contribution in [-0.4, -0.2) is 25.0 Å². The number of hydrogen-bond acceptors (Lipinski definition) is 3. The van der Waals surface area contributed by atoms with Crippen LogP contribution in [0.2, 0.25) is 0 Å². The zero-order valence-electron chi connectivity index (χ0n) is 6.55. The lowest BCUT2D eigenvalue weighted by molar-refractivity contribution is -0.124. The van der Waals surface area contributed by atoms with Crippen molar-refractivity contribution in [1.82, 2.24) is 5.32 Å². The first-order chi connectivity index (χ1) is 5.77. The van der Waals surface area contributed by atoms with Gasteiger partial charge in [0, 0.05) is 5.57 Å². The maximum atomic E-state index is 11.1. The van der Waals surface area contributed by atoms with Crippen molar-refractivity contribution in [2.45, 2.75) is 12.8 Å². The highest BCUT2D eigenvalue weighted by Gasteiger charge is 2.28. The van der Waals surface area contributed by atoms with Crippen LogP contribution >= 0.6 is 0 Å². The molecule has 2 heterocycles. The Morgan fingerprint density at radius 1 is 1.33 bits per heavy atom. The summed E-state index contributed by atoms with van der Waals surface area (Å²) < 4.78 is 5.10. The van der Waals surface area contributed by atoms with E-state index in [2.05, 4.69) is 5.32 Å². The number of nitrogens with one attached hydrogen (secondary N) is 1. The predicted octanol–water partition coefficient (Wildman–Crippen LogP) is -0.250. The lowest BCUT2D eigenvalue weighted by Gasteiger charge is -1.96. The van der Waals surface area contributed by atoms with E-state index in [1.807, 2.05) is 0 Å². The minimum atomic E-state index is -0.236. The Morgan fingerprint density at radius 2 is 2.17 bits per heavy atom. The lowest BCUT2D eigenvalue weighted by Crippen LogP contribution is -2.19. The highest BCUT2D eigenvalue weighted by molar-refractivity contribution is 6.13. The second kappa shape index (κ2) is 2.71. The summed E-state index contributed by atoms with van der Waals surface area (Å²) in [6, 6.07) is 0. The molecule has 2 rings (SSSR count). The molecule has 4 nitrogen and oxygen atoms in total. The minimum absolute atomic E-state index is 0.200. The van der Waals surface area contributed by atoms with Crippen molar-refractivity contribution in [2.75, 3.05) is 13.2 Å². The molecule has 0 aromatic rings. The summed E-state index contributed by atoms with van der Waals surface area (Å²) in [6.45, 7) is 1.18. The third-order valence-corrected chi connectivity index (χ3v) is 2.12. The second-order valence-corrected chi connectivity index (χ2v) is 2.94. The third-order valence-electron chi connectivity index (χ3n) is 2.12. The van der Waals surface area contributed by atoms with Gasteiger partial charge in [0.05, 0.1) is 19.6 Å². The van der Waals surface area contributed by atoms with E-state index in [9.17, 15) is 9.59 Å². The largest absolute Gasteiger partial charge is 0.377 e. The van der Waals surface area contributed by atoms with Crippen LogP contribution in [0.3, 0.4) is 0 Å². The van der Waals surface area contributed by atoms with Crippen molar-refractivity contribution in [2.24, 2.45) is 0 Å². The van der Waals surface area contributed by atoms with Crippen molar-refractivity contribution in [1.29, 1.82) is 0 Å². The van der Waals surface area contributed by atoms with Crippen LogP contribution in [-0.2, 0) is 14.3 Å². The summed E-state index contributed by atoms with van der Waals surface area (Å²) >= 11 is 0. The lowest BCUT2D eigenvalue weighted by atomic mass is 10.1. The Kier molecular flexibility index (Phi) is 1.69. The quantitative estimate of drug-likeness (QED) is 0.400. The average Bonchev–Trinajstić information content (AvgIpc) is 2.58. The van der Waals surface area contributed by atoms with Crippen LogP contribution in [0, 0.1) is 0 Å². The van der Waals surface area contributed by atoms with E-state index in [0.29, 0.717) is 18.8 Å². The van der Waals surface area contributed by atoms with Gasteiger partial charge in [-0.25, -0.2) is 0 Å². The molecule has 1 N–H and O–H groups in total. The van der Waals surface area contributed by atoms with Crippen molar-refractivity contribution < 1.29 is 14.3 Å². The van der Waals surface area contributed by atoms with Crippen LogP contribution in [0.15, 0.2) is 11.1 Å². The van der Waals surface area contributed by atoms with Crippen molar-refractivity contribution in [3.8, 4) is 0 Å². The summed E-state index contributed by atoms with van der Waals surface area (Å²) in [7, 11) is 0. The van der Waals surface area contributed by atoms with Crippen LogP contribution in [0.1, 0.15) is 12.8 Å². The average molecular weight is 167 g/mol. The Labute approximate surface area is 69.6 Å². The molecule has 0 radical (unpaired) electrons. The molecule has 0 spiro atoms. The predicted molar refractivity (Wildman–Crippen MR) is 40.2 cm³/mol. The summed E-state index contributed by atoms with van der Waals surface area (Å²) in [5.41, 5.74) is 1.61. The minimum Gasteiger partial charge on any atom is -0.377 e. The van der Waals surface area contributed by atoms with E-state index >= 15 is 0 Å². The molecular weight excluding hydrogens is 158 g/mol. The maximum absolute atomic E-state index is 11.1. The molecule has 0 bridgehead atoms. The van der Waals surface area contributed by atoms with Gasteiger partial charge >= 0.3 is 0 Å². The number of imide groups is 1. The molecule has 12 heavy (non-hydrogen) atoms. The van der Waals surface area contributed by atoms with E-state index in [1.54, 1.807) is 0 Å². The Balaban J connectivity index is 2.27. The van der Waals surface area contributed by atoms with Crippen molar-refractivity contribution >= 4 is 11.8 Å². The van der Waals surface area contributed by atoms with Gasteiger partial charge in [-0.05, 0) is 12.0 Å². The van der Waals surface area contributed by atoms with E-state index in [-0.39, 0.29) is 18.2 Å². The van der Waals surface area contributed by atoms with Gasteiger partial charge in [-0.15, -0.1) is 0 Å². The van der Waals surface area contributed by atoms with Gasteiger partial charge in [-0.3, -0.25) is 14.9 Å². The van der Waals surface area contributed by atoms with Crippen LogP contribution in [0.25, 0.3) is 0 Å². The van der Waals surface area contributed by atoms with Crippen LogP contribution in [0.4, 0.5) is 0 Å². The Morgan fingerprint density at radius 3 is 2.67 bits per heavy atom. The van der Waals surface area contributed by atoms with Gasteiger partial charge in [0.1, 0.15) is 0 Å². The van der Waals surface area contributed by atoms with Gasteiger partial charge < -0.3 is 4.74 Å². The first-order valence-electron chi connectivity index (χ1n) is 3.90. The fourth-order valence-corrected chi connectivity index (χ4v) is 1.47. The molecule has 0 aliphatic carbocycles. The number of hydrogen-bond donors (Lipinski definition) is 1. The first kappa shape index (κ1) is 7.49. The van der Waals surface area contributed by atoms with Gasteiger partial charge in [0.25, 0.3) is 5.91 Å². The van der Waals surface area contributed by atoms with Gasteiger partial charge in [-0.2, -0.15) is 0 Å². The van der Waals surface area contributed by atoms with Crippen molar-refractivity contribution in [3.63, 3.8) is 0 Å². The van der Waals surface area contributed by atoms with Gasteiger partial charge in [-0.1, -0.05) is 0 Å². The molecular formula is C8H9NO3. The monoisotopic (exact) mass is 167 g/mol. The SMILES string of the molecule is O=C1CC(=C2CCOC2)C(=O)N1. The Hall–Kier alpha value is -1.16. The molecule has 0 unspecified atom stereocenters. The molecule has 0 aromatic heterocycles. The molecule has 0 aromatic carbocycles. The van der Waals surface area contributed by atoms with Gasteiger partial charge in [0.15, 0.2) is 0 Å². The van der Waals surface area contributed by atoms with Gasteiger partial charge in [0.2, 0.25) is 5.91 Å². The molecule has 2 fully saturated rings. The summed E-state index contributed by atoms with van der Waals surface area (Å²) in [5.74, 6) is -0.435. The van der Waals surface area contributed by atoms with Crippen LogP contribution < -0.4 is 5.32 Å². The summed E-state index contributed by atoms with van der Waals surface area (Å²) in [5, 5.41) is 2.25. The topological polar surface area (TPSA) is 55.4 Å². The molecule has 2 aliphatic heterocycles. The standard InChI is InChI=1S/C8H9NO3/c10-7-3-6(8(11)9-7)5-1-2-12-4-5/h1-4H2,(H,9,10,11). The summed E-state index contributed by atoms with van der Waals surface area (Å²) in [4.78, 5) is 21.9. The molecule has 64 valence electrons. The fraction of sp³-hybridized carbons (Fsp3) is 0.500. The second-order valence-electron chi connectivity index (χ2n) is 2.94. The first-order valence-corrected chi connectivity index (χ1v) is 3.90. The fourth-order valence-electron chi connectivity index (χ4n) is 1.47. The van der Waals surface area contributed by atoms with Crippen LogP contribution in [0.5, 0.6) is 0 Å². The highest BCUT2D eigenvalue weighted by atomic mass is 16.5.